The third kappa shape index (κ3) is 2.57. The number of nitrogens with two attached hydrogens (primary N) is 1. The first-order chi connectivity index (χ1) is 8.50. The van der Waals surface area contributed by atoms with Gasteiger partial charge in [0.1, 0.15) is 0 Å². The number of ketones is 1. The molecule has 3 N–H and O–H groups in total. The Hall–Kier alpha value is -1.74. The molecule has 5 heteroatoms. The summed E-state index contributed by atoms with van der Waals surface area (Å²) in [5, 5.41) is -0.0150. The van der Waals surface area contributed by atoms with Crippen LogP contribution >= 0.6 is 7.52 Å². The van der Waals surface area contributed by atoms with Gasteiger partial charge >= 0.3 is 0 Å². The van der Waals surface area contributed by atoms with Crippen LogP contribution in [0, 0.1) is 0 Å². The summed E-state index contributed by atoms with van der Waals surface area (Å²) < 4.78 is 11.6. The van der Waals surface area contributed by atoms with E-state index >= 15 is 0 Å². The standard InChI is InChI=1S/C13H12NO3P/c14-18(16,17)12-9-5-4-8-11(12)13(15)10-6-2-1-3-7-10/h1-9H,(H3,14,16,17). The third-order valence-corrected chi connectivity index (χ3v) is 3.61. The van der Waals surface area contributed by atoms with Crippen LogP contribution in [-0.2, 0) is 4.57 Å². The second-order valence-corrected chi connectivity index (χ2v) is 5.56. The van der Waals surface area contributed by atoms with E-state index in [2.05, 4.69) is 0 Å². The Labute approximate surface area is 105 Å². The van der Waals surface area contributed by atoms with E-state index in [1.807, 2.05) is 0 Å². The summed E-state index contributed by atoms with van der Waals surface area (Å²) in [5.74, 6) is -0.314. The minimum absolute atomic E-state index is 0.0150. The van der Waals surface area contributed by atoms with Gasteiger partial charge in [-0.2, -0.15) is 0 Å². The summed E-state index contributed by atoms with van der Waals surface area (Å²) in [6.07, 6.45) is 0. The lowest BCUT2D eigenvalue weighted by Gasteiger charge is -2.10. The zero-order valence-corrected chi connectivity index (χ0v) is 10.4. The summed E-state index contributed by atoms with van der Waals surface area (Å²) >= 11 is 0. The molecular formula is C13H12NO3P. The van der Waals surface area contributed by atoms with E-state index in [9.17, 15) is 14.3 Å². The van der Waals surface area contributed by atoms with Crippen molar-refractivity contribution in [2.45, 2.75) is 0 Å². The number of hydrogen-bond acceptors (Lipinski definition) is 2. The molecule has 0 heterocycles. The van der Waals surface area contributed by atoms with Crippen molar-refractivity contribution in [3.8, 4) is 0 Å². The largest absolute Gasteiger partial charge is 0.330 e. The van der Waals surface area contributed by atoms with Gasteiger partial charge in [0, 0.05) is 11.1 Å². The highest BCUT2D eigenvalue weighted by molar-refractivity contribution is 7.63. The average Bonchev–Trinajstić information content (AvgIpc) is 2.38. The van der Waals surface area contributed by atoms with Crippen LogP contribution in [0.25, 0.3) is 0 Å². The van der Waals surface area contributed by atoms with Gasteiger partial charge in [-0.15, -0.1) is 0 Å². The maximum atomic E-state index is 12.2. The molecule has 2 aromatic carbocycles. The van der Waals surface area contributed by atoms with Gasteiger partial charge in [-0.05, 0) is 6.07 Å². The van der Waals surface area contributed by atoms with Gasteiger partial charge < -0.3 is 4.89 Å². The first-order valence-electron chi connectivity index (χ1n) is 5.31. The Morgan fingerprint density at radius 1 is 1.00 bits per heavy atom. The quantitative estimate of drug-likeness (QED) is 0.650. The van der Waals surface area contributed by atoms with Crippen molar-refractivity contribution >= 4 is 18.6 Å². The molecule has 4 nitrogen and oxygen atoms in total. The molecule has 0 amide bonds. The number of carbonyl (C=O) groups excluding carboxylic acids is 1. The molecule has 1 unspecified atom stereocenters. The number of carbonyl (C=O) groups is 1. The number of benzene rings is 2. The summed E-state index contributed by atoms with van der Waals surface area (Å²) in [6, 6.07) is 14.7. The highest BCUT2D eigenvalue weighted by Crippen LogP contribution is 2.30. The van der Waals surface area contributed by atoms with Gasteiger partial charge in [-0.25, -0.2) is 0 Å². The van der Waals surface area contributed by atoms with E-state index in [4.69, 9.17) is 5.50 Å². The van der Waals surface area contributed by atoms with Gasteiger partial charge in [-0.3, -0.25) is 14.9 Å². The van der Waals surface area contributed by atoms with Gasteiger partial charge in [-0.1, -0.05) is 48.5 Å². The topological polar surface area (TPSA) is 80.4 Å². The van der Waals surface area contributed by atoms with Crippen LogP contribution in [0.4, 0.5) is 0 Å². The predicted molar refractivity (Wildman–Crippen MR) is 70.0 cm³/mol. The van der Waals surface area contributed by atoms with Crippen molar-refractivity contribution < 1.29 is 14.3 Å². The van der Waals surface area contributed by atoms with Crippen LogP contribution in [0.1, 0.15) is 15.9 Å². The second kappa shape index (κ2) is 4.86. The average molecular weight is 261 g/mol. The molecule has 0 spiro atoms. The van der Waals surface area contributed by atoms with Crippen molar-refractivity contribution in [3.05, 3.63) is 65.7 Å². The Kier molecular flexibility index (Phi) is 3.43. The van der Waals surface area contributed by atoms with Gasteiger partial charge in [0.15, 0.2) is 5.78 Å². The van der Waals surface area contributed by atoms with Gasteiger partial charge in [0.25, 0.3) is 7.52 Å². The fraction of sp³-hybridized carbons (Fsp3) is 0. The summed E-state index contributed by atoms with van der Waals surface area (Å²) in [4.78, 5) is 21.7. The molecule has 2 rings (SSSR count). The summed E-state index contributed by atoms with van der Waals surface area (Å²) in [7, 11) is -3.95. The van der Waals surface area contributed by atoms with Crippen LogP contribution in [0.15, 0.2) is 54.6 Å². The normalized spacial score (nSPS) is 13.9. The van der Waals surface area contributed by atoms with Crippen molar-refractivity contribution in [3.63, 3.8) is 0 Å². The van der Waals surface area contributed by atoms with E-state index in [-0.39, 0.29) is 16.7 Å². The lowest BCUT2D eigenvalue weighted by atomic mass is 10.0. The fourth-order valence-corrected chi connectivity index (χ4v) is 2.51. The van der Waals surface area contributed by atoms with Crippen LogP contribution < -0.4 is 10.8 Å². The maximum Gasteiger partial charge on any atom is 0.295 e. The van der Waals surface area contributed by atoms with E-state index in [0.717, 1.165) is 0 Å². The first kappa shape index (κ1) is 12.7. The molecule has 0 fully saturated rings. The minimum Gasteiger partial charge on any atom is -0.330 e. The molecule has 0 bridgehead atoms. The van der Waals surface area contributed by atoms with Gasteiger partial charge in [0.2, 0.25) is 0 Å². The number of rotatable bonds is 3. The lowest BCUT2D eigenvalue weighted by Crippen LogP contribution is -2.20. The van der Waals surface area contributed by atoms with E-state index in [1.54, 1.807) is 42.5 Å². The van der Waals surface area contributed by atoms with E-state index in [0.29, 0.717) is 5.56 Å². The molecule has 0 aliphatic heterocycles. The van der Waals surface area contributed by atoms with Crippen molar-refractivity contribution in [2.24, 2.45) is 5.50 Å². The molecule has 0 saturated heterocycles. The molecule has 0 saturated carbocycles. The minimum atomic E-state index is -3.95. The van der Waals surface area contributed by atoms with Crippen molar-refractivity contribution in [1.82, 2.24) is 0 Å². The predicted octanol–water partition coefficient (Wildman–Crippen LogP) is 1.69. The van der Waals surface area contributed by atoms with Crippen LogP contribution in [-0.4, -0.2) is 10.7 Å². The molecule has 2 aromatic rings. The lowest BCUT2D eigenvalue weighted by molar-refractivity contribution is 0.103. The molecular weight excluding hydrogens is 249 g/mol. The molecule has 1 atom stereocenters. The highest BCUT2D eigenvalue weighted by atomic mass is 31.2. The molecule has 0 aromatic heterocycles. The number of hydrogen-bond donors (Lipinski definition) is 2. The molecule has 18 heavy (non-hydrogen) atoms. The van der Waals surface area contributed by atoms with Crippen molar-refractivity contribution in [1.29, 1.82) is 0 Å². The van der Waals surface area contributed by atoms with Gasteiger partial charge in [0.05, 0.1) is 5.30 Å². The Morgan fingerprint density at radius 3 is 2.17 bits per heavy atom. The Balaban J connectivity index is 2.53. The first-order valence-corrected chi connectivity index (χ1v) is 7.04. The van der Waals surface area contributed by atoms with Crippen LogP contribution in [0.2, 0.25) is 0 Å². The zero-order valence-electron chi connectivity index (χ0n) is 9.48. The monoisotopic (exact) mass is 261 g/mol. The maximum absolute atomic E-state index is 12.2. The fourth-order valence-electron chi connectivity index (χ4n) is 1.69. The van der Waals surface area contributed by atoms with E-state index in [1.165, 1.54) is 12.1 Å². The molecule has 92 valence electrons. The Morgan fingerprint density at radius 2 is 1.56 bits per heavy atom. The highest BCUT2D eigenvalue weighted by Gasteiger charge is 2.23. The van der Waals surface area contributed by atoms with Crippen LogP contribution in [0.3, 0.4) is 0 Å². The molecule has 0 aliphatic carbocycles. The second-order valence-electron chi connectivity index (χ2n) is 3.84. The van der Waals surface area contributed by atoms with E-state index < -0.39 is 7.52 Å². The summed E-state index contributed by atoms with van der Waals surface area (Å²) in [6.45, 7) is 0. The zero-order chi connectivity index (χ0) is 13.2. The third-order valence-electron chi connectivity index (χ3n) is 2.53. The summed E-state index contributed by atoms with van der Waals surface area (Å²) in [5.41, 5.74) is 5.85. The Bertz CT molecular complexity index is 619. The SMILES string of the molecule is NP(=O)(O)c1ccccc1C(=O)c1ccccc1. The smallest absolute Gasteiger partial charge is 0.295 e. The van der Waals surface area contributed by atoms with Crippen LogP contribution in [0.5, 0.6) is 0 Å². The molecule has 0 aliphatic rings. The molecule has 0 radical (unpaired) electrons. The van der Waals surface area contributed by atoms with Crippen molar-refractivity contribution in [2.75, 3.05) is 0 Å².